The number of hydrogen-bond acceptors (Lipinski definition) is 9. The molecule has 324 valence electrons. The summed E-state index contributed by atoms with van der Waals surface area (Å²) in [6, 6.07) is 11.5. The SMILES string of the molecule is C#CN(C)C1=C(CC2C(CCCOc3cc(C)c(Cl)c(C)c3)c3ccc(Cl)c(/C(=C(\C)NC)C(C)(C)C)c3N2[C@H](C)CNC)CC(N)C=C1.C=NN1C=CC=CC1=C.C=O. The average molecular weight is 857 g/mol. The molecule has 4 N–H and O–H groups in total. The summed E-state index contributed by atoms with van der Waals surface area (Å²) in [7, 11) is 5.97. The number of anilines is 1. The lowest BCUT2D eigenvalue weighted by molar-refractivity contribution is -0.0980. The minimum atomic E-state index is -0.161. The van der Waals surface area contributed by atoms with Crippen molar-refractivity contribution in [2.75, 3.05) is 39.2 Å². The molecule has 0 saturated heterocycles. The van der Waals surface area contributed by atoms with Gasteiger partial charge in [0.2, 0.25) is 0 Å². The van der Waals surface area contributed by atoms with Crippen LogP contribution < -0.4 is 26.0 Å². The van der Waals surface area contributed by atoms with E-state index in [-0.39, 0.29) is 29.5 Å². The first-order chi connectivity index (χ1) is 28.5. The summed E-state index contributed by atoms with van der Waals surface area (Å²) in [5.41, 5.74) is 17.7. The van der Waals surface area contributed by atoms with E-state index in [0.717, 1.165) is 81.8 Å². The zero-order valence-electron chi connectivity index (χ0n) is 37.5. The minimum Gasteiger partial charge on any atom is -0.494 e. The number of aryl methyl sites for hydroxylation is 2. The van der Waals surface area contributed by atoms with Crippen molar-refractivity contribution in [1.29, 1.82) is 0 Å². The normalized spacial score (nSPS) is 19.0. The van der Waals surface area contributed by atoms with E-state index in [2.05, 4.69) is 98.9 Å². The zero-order chi connectivity index (χ0) is 44.9. The Labute approximate surface area is 370 Å². The van der Waals surface area contributed by atoms with E-state index < -0.39 is 0 Å². The number of hydrazone groups is 1. The molecular formula is C49H67Cl2N7O2. The number of ether oxygens (including phenoxy) is 1. The number of nitrogens with one attached hydrogen (secondary N) is 2. The lowest BCUT2D eigenvalue weighted by atomic mass is 9.79. The van der Waals surface area contributed by atoms with E-state index in [9.17, 15) is 0 Å². The predicted molar refractivity (Wildman–Crippen MR) is 257 cm³/mol. The van der Waals surface area contributed by atoms with E-state index in [1.54, 1.807) is 11.2 Å². The maximum absolute atomic E-state index is 8.00. The number of hydrogen-bond donors (Lipinski definition) is 3. The lowest BCUT2D eigenvalue weighted by Crippen LogP contribution is -2.46. The third-order valence-corrected chi connectivity index (χ3v) is 12.0. The second-order valence-electron chi connectivity index (χ2n) is 16.5. The number of allylic oxidation sites excluding steroid dienone is 6. The Kier molecular flexibility index (Phi) is 18.8. The Bertz CT molecular complexity index is 2010. The van der Waals surface area contributed by atoms with Gasteiger partial charge in [0.25, 0.3) is 0 Å². The van der Waals surface area contributed by atoms with Gasteiger partial charge in [0, 0.05) is 91.3 Å². The molecule has 5 rings (SSSR count). The number of nitrogens with two attached hydrogens (primary N) is 1. The van der Waals surface area contributed by atoms with Crippen molar-refractivity contribution in [2.45, 2.75) is 98.2 Å². The van der Waals surface area contributed by atoms with Crippen LogP contribution >= 0.6 is 23.2 Å². The van der Waals surface area contributed by atoms with Gasteiger partial charge in [-0.1, -0.05) is 75.2 Å². The molecule has 1 aliphatic carbocycles. The van der Waals surface area contributed by atoms with Gasteiger partial charge >= 0.3 is 0 Å². The van der Waals surface area contributed by atoms with Crippen LogP contribution in [0.1, 0.15) is 88.5 Å². The summed E-state index contributed by atoms with van der Waals surface area (Å²) >= 11 is 13.7. The highest BCUT2D eigenvalue weighted by Gasteiger charge is 2.44. The lowest BCUT2D eigenvalue weighted by Gasteiger charge is -2.39. The van der Waals surface area contributed by atoms with Crippen LogP contribution in [0.2, 0.25) is 10.0 Å². The monoisotopic (exact) mass is 855 g/mol. The number of terminal acetylenes is 1. The fourth-order valence-corrected chi connectivity index (χ4v) is 8.84. The fourth-order valence-electron chi connectivity index (χ4n) is 8.48. The number of carbonyl (C=O) groups excluding carboxylic acids is 1. The van der Waals surface area contributed by atoms with Crippen molar-refractivity contribution in [3.05, 3.63) is 122 Å². The van der Waals surface area contributed by atoms with Crippen LogP contribution in [0.4, 0.5) is 5.69 Å². The number of carbonyl (C=O) groups is 1. The van der Waals surface area contributed by atoms with Crippen LogP contribution in [0.15, 0.2) is 95.2 Å². The summed E-state index contributed by atoms with van der Waals surface area (Å²) in [4.78, 5) is 12.5. The van der Waals surface area contributed by atoms with Crippen molar-refractivity contribution in [1.82, 2.24) is 20.5 Å². The third kappa shape index (κ3) is 12.0. The average Bonchev–Trinajstić information content (AvgIpc) is 3.52. The topological polar surface area (TPSA) is 98.5 Å². The van der Waals surface area contributed by atoms with Crippen LogP contribution in [-0.4, -0.2) is 75.8 Å². The number of fused-ring (bicyclic) bond motifs is 1. The van der Waals surface area contributed by atoms with Gasteiger partial charge in [-0.25, -0.2) is 5.01 Å². The van der Waals surface area contributed by atoms with E-state index in [1.165, 1.54) is 22.4 Å². The molecule has 2 aromatic rings. The van der Waals surface area contributed by atoms with Crippen LogP contribution in [-0.2, 0) is 4.79 Å². The van der Waals surface area contributed by atoms with Gasteiger partial charge in [-0.15, -0.1) is 0 Å². The van der Waals surface area contributed by atoms with Gasteiger partial charge in [-0.2, -0.15) is 5.10 Å². The van der Waals surface area contributed by atoms with Crippen molar-refractivity contribution in [3.63, 3.8) is 0 Å². The number of rotatable bonds is 14. The largest absolute Gasteiger partial charge is 0.494 e. The zero-order valence-corrected chi connectivity index (χ0v) is 39.0. The second kappa shape index (κ2) is 22.8. The Morgan fingerprint density at radius 2 is 1.82 bits per heavy atom. The highest BCUT2D eigenvalue weighted by atomic mass is 35.5. The smallest absolute Gasteiger partial charge is 0.119 e. The first-order valence-corrected chi connectivity index (χ1v) is 21.2. The van der Waals surface area contributed by atoms with Gasteiger partial charge in [0.05, 0.1) is 17.3 Å². The highest BCUT2D eigenvalue weighted by molar-refractivity contribution is 6.33. The van der Waals surface area contributed by atoms with Crippen molar-refractivity contribution >= 4 is 48.0 Å². The van der Waals surface area contributed by atoms with Gasteiger partial charge in [0.1, 0.15) is 12.5 Å². The molecule has 2 heterocycles. The van der Waals surface area contributed by atoms with Gasteiger partial charge in [-0.3, -0.25) is 0 Å². The quantitative estimate of drug-likeness (QED) is 0.0748. The van der Waals surface area contributed by atoms with Crippen LogP contribution in [0.5, 0.6) is 5.75 Å². The fraction of sp³-hybridized carbons (Fsp3) is 0.429. The van der Waals surface area contributed by atoms with E-state index >= 15 is 0 Å². The van der Waals surface area contributed by atoms with Gasteiger partial charge in [-0.05, 0) is 130 Å². The van der Waals surface area contributed by atoms with Gasteiger partial charge in [0.15, 0.2) is 0 Å². The molecule has 9 nitrogen and oxygen atoms in total. The number of benzene rings is 2. The molecule has 0 bridgehead atoms. The molecule has 0 spiro atoms. The molecule has 0 amide bonds. The predicted octanol–water partition coefficient (Wildman–Crippen LogP) is 10.1. The maximum atomic E-state index is 8.00. The highest BCUT2D eigenvalue weighted by Crippen LogP contribution is 2.54. The van der Waals surface area contributed by atoms with E-state index in [4.69, 9.17) is 44.9 Å². The number of nitrogens with zero attached hydrogens (tertiary/aromatic N) is 4. The molecule has 3 unspecified atom stereocenters. The minimum absolute atomic E-state index is 0.0475. The molecule has 0 fully saturated rings. The molecular weight excluding hydrogens is 789 g/mol. The Morgan fingerprint density at radius 1 is 1.15 bits per heavy atom. The van der Waals surface area contributed by atoms with Crippen molar-refractivity contribution < 1.29 is 9.53 Å². The van der Waals surface area contributed by atoms with Crippen LogP contribution in [0.3, 0.4) is 0 Å². The Hall–Kier alpha value is -4.72. The van der Waals surface area contributed by atoms with E-state index in [1.807, 2.05) is 77.0 Å². The molecule has 11 heteroatoms. The number of likely N-dealkylation sites (N-methyl/N-ethyl adjacent to an activating group) is 2. The van der Waals surface area contributed by atoms with Crippen molar-refractivity contribution in [3.8, 4) is 18.2 Å². The van der Waals surface area contributed by atoms with Gasteiger partial charge < -0.3 is 35.7 Å². The first-order valence-electron chi connectivity index (χ1n) is 20.5. The molecule has 2 aromatic carbocycles. The first kappa shape index (κ1) is 49.6. The molecule has 2 aliphatic heterocycles. The Morgan fingerprint density at radius 3 is 2.37 bits per heavy atom. The summed E-state index contributed by atoms with van der Waals surface area (Å²) in [5.74, 6) is 1.09. The van der Waals surface area contributed by atoms with Crippen LogP contribution in [0.25, 0.3) is 5.57 Å². The Balaban J connectivity index is 0.000000763. The summed E-state index contributed by atoms with van der Waals surface area (Å²) < 4.78 is 6.33. The summed E-state index contributed by atoms with van der Waals surface area (Å²) in [6.07, 6.45) is 21.0. The second-order valence-corrected chi connectivity index (χ2v) is 17.3. The van der Waals surface area contributed by atoms with Crippen molar-refractivity contribution in [2.24, 2.45) is 16.3 Å². The molecule has 0 aromatic heterocycles. The number of halogens is 2. The third-order valence-electron chi connectivity index (χ3n) is 11.1. The summed E-state index contributed by atoms with van der Waals surface area (Å²) in [5, 5.41) is 13.8. The molecule has 0 saturated carbocycles. The molecule has 3 aliphatic rings. The molecule has 0 radical (unpaired) electrons. The molecule has 4 atom stereocenters. The van der Waals surface area contributed by atoms with E-state index in [0.29, 0.717) is 6.61 Å². The maximum Gasteiger partial charge on any atom is 0.119 e. The molecule has 60 heavy (non-hydrogen) atoms. The summed E-state index contributed by atoms with van der Waals surface area (Å²) in [6.45, 7) is 25.8. The van der Waals surface area contributed by atoms with Crippen LogP contribution in [0, 0.1) is 31.7 Å². The standard InChI is InChI=1S/C41H57Cl2N5O.C7H8N2.CH2O/c1-12-47(11)35-18-15-30(44)22-29(35)23-36-32(14-13-19-49-31-20-25(2)39(43)26(3)21-31)33-16-17-34(42)37(38(28(5)46-10)41(6,7)8)40(33)48(36)27(4)24-45-9;1-7-5-3-4-6-9(7)8-2;1-2/h1,15-18,20-21,27,30,32,36,45-46H,13-14,19,22-24,44H2,2-11H3;3-6H,1-2H2;1H2/b38-28-;;/t27-,30?,32?,36?;;/m1../s1.